The number of hydrogen-bond donors (Lipinski definition) is 0. The van der Waals surface area contributed by atoms with Gasteiger partial charge in [-0.05, 0) is 44.5 Å². The fourth-order valence-electron chi connectivity index (χ4n) is 2.41. The SMILES string of the molecule is CC1(C)CC(C#N)CN1c1ccc(F)cc1. The summed E-state index contributed by atoms with van der Waals surface area (Å²) < 4.78 is 12.8. The van der Waals surface area contributed by atoms with Crippen LogP contribution in [0.5, 0.6) is 0 Å². The lowest BCUT2D eigenvalue weighted by Crippen LogP contribution is -2.38. The second kappa shape index (κ2) is 3.79. The molecule has 1 aliphatic rings. The first kappa shape index (κ1) is 10.9. The van der Waals surface area contributed by atoms with Crippen LogP contribution in [-0.2, 0) is 0 Å². The van der Waals surface area contributed by atoms with Crippen LogP contribution < -0.4 is 4.90 Å². The van der Waals surface area contributed by atoms with Gasteiger partial charge in [-0.2, -0.15) is 5.26 Å². The zero-order valence-corrected chi connectivity index (χ0v) is 9.57. The Morgan fingerprint density at radius 2 is 2.00 bits per heavy atom. The topological polar surface area (TPSA) is 27.0 Å². The Kier molecular flexibility index (Phi) is 2.59. The minimum atomic E-state index is -0.224. The molecule has 16 heavy (non-hydrogen) atoms. The van der Waals surface area contributed by atoms with Gasteiger partial charge < -0.3 is 4.90 Å². The smallest absolute Gasteiger partial charge is 0.123 e. The Labute approximate surface area is 95.3 Å². The molecule has 1 aromatic rings. The van der Waals surface area contributed by atoms with E-state index >= 15 is 0 Å². The van der Waals surface area contributed by atoms with Crippen molar-refractivity contribution in [2.24, 2.45) is 5.92 Å². The number of nitriles is 1. The first-order valence-corrected chi connectivity index (χ1v) is 5.46. The fraction of sp³-hybridized carbons (Fsp3) is 0.462. The maximum absolute atomic E-state index is 12.8. The van der Waals surface area contributed by atoms with Crippen molar-refractivity contribution in [2.75, 3.05) is 11.4 Å². The van der Waals surface area contributed by atoms with E-state index in [9.17, 15) is 4.39 Å². The third-order valence-corrected chi connectivity index (χ3v) is 3.20. The average molecular weight is 218 g/mol. The van der Waals surface area contributed by atoms with Gasteiger partial charge >= 0.3 is 0 Å². The Bertz CT molecular complexity index is 417. The number of nitrogens with zero attached hydrogens (tertiary/aromatic N) is 2. The molecule has 2 rings (SSSR count). The van der Waals surface area contributed by atoms with Gasteiger partial charge in [-0.25, -0.2) is 4.39 Å². The fourth-order valence-corrected chi connectivity index (χ4v) is 2.41. The summed E-state index contributed by atoms with van der Waals surface area (Å²) in [6.45, 7) is 4.97. The summed E-state index contributed by atoms with van der Waals surface area (Å²) in [5, 5.41) is 8.97. The van der Waals surface area contributed by atoms with Gasteiger partial charge in [-0.15, -0.1) is 0 Å². The second-order valence-electron chi connectivity index (χ2n) is 4.93. The molecule has 1 atom stereocenters. The van der Waals surface area contributed by atoms with Gasteiger partial charge in [0.15, 0.2) is 0 Å². The van der Waals surface area contributed by atoms with E-state index in [4.69, 9.17) is 5.26 Å². The lowest BCUT2D eigenvalue weighted by molar-refractivity contribution is 0.502. The largest absolute Gasteiger partial charge is 0.365 e. The van der Waals surface area contributed by atoms with Gasteiger partial charge in [0.2, 0.25) is 0 Å². The van der Waals surface area contributed by atoms with E-state index in [-0.39, 0.29) is 17.3 Å². The van der Waals surface area contributed by atoms with Crippen molar-refractivity contribution >= 4 is 5.69 Å². The standard InChI is InChI=1S/C13H15FN2/c1-13(2)7-10(8-15)9-16(13)12-5-3-11(14)4-6-12/h3-6,10H,7,9H2,1-2H3. The number of anilines is 1. The molecule has 84 valence electrons. The van der Waals surface area contributed by atoms with Gasteiger partial charge in [0.1, 0.15) is 5.82 Å². The number of hydrogen-bond acceptors (Lipinski definition) is 2. The van der Waals surface area contributed by atoms with Crippen LogP contribution in [0.3, 0.4) is 0 Å². The second-order valence-corrected chi connectivity index (χ2v) is 4.93. The van der Waals surface area contributed by atoms with E-state index in [1.807, 2.05) is 0 Å². The summed E-state index contributed by atoms with van der Waals surface area (Å²) >= 11 is 0. The van der Waals surface area contributed by atoms with Crippen molar-refractivity contribution in [1.29, 1.82) is 5.26 Å². The Hall–Kier alpha value is -1.56. The zero-order chi connectivity index (χ0) is 11.8. The molecule has 0 aromatic heterocycles. The molecule has 1 heterocycles. The molecule has 1 aromatic carbocycles. The highest BCUT2D eigenvalue weighted by Crippen LogP contribution is 2.36. The summed E-state index contributed by atoms with van der Waals surface area (Å²) in [5.41, 5.74) is 0.960. The molecule has 1 unspecified atom stereocenters. The van der Waals surface area contributed by atoms with Crippen molar-refractivity contribution in [3.05, 3.63) is 30.1 Å². The van der Waals surface area contributed by atoms with Crippen molar-refractivity contribution in [3.8, 4) is 6.07 Å². The third-order valence-electron chi connectivity index (χ3n) is 3.20. The Balaban J connectivity index is 2.28. The summed E-state index contributed by atoms with van der Waals surface area (Å²) in [7, 11) is 0. The predicted octanol–water partition coefficient (Wildman–Crippen LogP) is 2.95. The van der Waals surface area contributed by atoms with Crippen LogP contribution in [-0.4, -0.2) is 12.1 Å². The normalized spacial score (nSPS) is 23.1. The molecule has 0 radical (unpaired) electrons. The van der Waals surface area contributed by atoms with Crippen LogP contribution in [0.4, 0.5) is 10.1 Å². The molecule has 0 aliphatic carbocycles. The zero-order valence-electron chi connectivity index (χ0n) is 9.57. The van der Waals surface area contributed by atoms with Crippen molar-refractivity contribution < 1.29 is 4.39 Å². The van der Waals surface area contributed by atoms with Crippen LogP contribution in [0.15, 0.2) is 24.3 Å². The summed E-state index contributed by atoms with van der Waals surface area (Å²) in [4.78, 5) is 2.18. The maximum Gasteiger partial charge on any atom is 0.123 e. The average Bonchev–Trinajstić information content (AvgIpc) is 2.55. The van der Waals surface area contributed by atoms with Crippen molar-refractivity contribution in [2.45, 2.75) is 25.8 Å². The molecule has 0 amide bonds. The highest BCUT2D eigenvalue weighted by atomic mass is 19.1. The van der Waals surface area contributed by atoms with Crippen LogP contribution in [0.2, 0.25) is 0 Å². The van der Waals surface area contributed by atoms with E-state index in [2.05, 4.69) is 24.8 Å². The van der Waals surface area contributed by atoms with Crippen LogP contribution in [0.25, 0.3) is 0 Å². The highest BCUT2D eigenvalue weighted by Gasteiger charge is 2.38. The van der Waals surface area contributed by atoms with Gasteiger partial charge in [-0.1, -0.05) is 0 Å². The third kappa shape index (κ3) is 1.88. The highest BCUT2D eigenvalue weighted by molar-refractivity contribution is 5.50. The first-order valence-electron chi connectivity index (χ1n) is 5.46. The number of benzene rings is 1. The lowest BCUT2D eigenvalue weighted by Gasteiger charge is -2.33. The van der Waals surface area contributed by atoms with Gasteiger partial charge in [0, 0.05) is 17.8 Å². The van der Waals surface area contributed by atoms with E-state index in [0.717, 1.165) is 18.7 Å². The monoisotopic (exact) mass is 218 g/mol. The van der Waals surface area contributed by atoms with E-state index in [1.54, 1.807) is 12.1 Å². The first-order chi connectivity index (χ1) is 7.53. The predicted molar refractivity (Wildman–Crippen MR) is 61.5 cm³/mol. The molecular formula is C13H15FN2. The molecular weight excluding hydrogens is 203 g/mol. The van der Waals surface area contributed by atoms with Crippen molar-refractivity contribution in [1.82, 2.24) is 0 Å². The molecule has 1 aliphatic heterocycles. The van der Waals surface area contributed by atoms with Crippen LogP contribution in [0.1, 0.15) is 20.3 Å². The summed E-state index contributed by atoms with van der Waals surface area (Å²) in [5.74, 6) is -0.155. The summed E-state index contributed by atoms with van der Waals surface area (Å²) in [6, 6.07) is 8.79. The summed E-state index contributed by atoms with van der Waals surface area (Å²) in [6.07, 6.45) is 0.862. The molecule has 0 spiro atoms. The van der Waals surface area contributed by atoms with Crippen LogP contribution in [0, 0.1) is 23.1 Å². The number of halogens is 1. The molecule has 1 saturated heterocycles. The van der Waals surface area contributed by atoms with Crippen molar-refractivity contribution in [3.63, 3.8) is 0 Å². The van der Waals surface area contributed by atoms with E-state index < -0.39 is 0 Å². The van der Waals surface area contributed by atoms with Gasteiger partial charge in [-0.3, -0.25) is 0 Å². The molecule has 3 heteroatoms. The van der Waals surface area contributed by atoms with Gasteiger partial charge in [0.25, 0.3) is 0 Å². The number of rotatable bonds is 1. The van der Waals surface area contributed by atoms with E-state index in [0.29, 0.717) is 0 Å². The van der Waals surface area contributed by atoms with E-state index in [1.165, 1.54) is 12.1 Å². The Morgan fingerprint density at radius 3 is 2.50 bits per heavy atom. The molecule has 2 nitrogen and oxygen atoms in total. The molecule has 0 bridgehead atoms. The quantitative estimate of drug-likeness (QED) is 0.724. The molecule has 0 N–H and O–H groups in total. The lowest BCUT2D eigenvalue weighted by atomic mass is 9.97. The molecule has 0 saturated carbocycles. The van der Waals surface area contributed by atoms with Gasteiger partial charge in [0.05, 0.1) is 12.0 Å². The Morgan fingerprint density at radius 1 is 1.38 bits per heavy atom. The minimum absolute atomic E-state index is 0.0295. The van der Waals surface area contributed by atoms with Crippen LogP contribution >= 0.6 is 0 Å². The minimum Gasteiger partial charge on any atom is -0.365 e. The maximum atomic E-state index is 12.8. The molecule has 1 fully saturated rings.